The average molecular weight is 486 g/mol. The van der Waals surface area contributed by atoms with Gasteiger partial charge >= 0.3 is 0 Å². The van der Waals surface area contributed by atoms with E-state index in [2.05, 4.69) is 5.32 Å². The van der Waals surface area contributed by atoms with Crippen LogP contribution in [0.4, 0.5) is 10.1 Å². The van der Waals surface area contributed by atoms with Gasteiger partial charge < -0.3 is 14.8 Å². The van der Waals surface area contributed by atoms with E-state index in [-0.39, 0.29) is 22.4 Å². The first-order valence-electron chi connectivity index (χ1n) is 9.84. The smallest absolute Gasteiger partial charge is 0.262 e. The molecule has 0 saturated heterocycles. The van der Waals surface area contributed by atoms with Gasteiger partial charge in [0.25, 0.3) is 5.91 Å². The van der Waals surface area contributed by atoms with E-state index >= 15 is 0 Å². The predicted octanol–water partition coefficient (Wildman–Crippen LogP) is 4.90. The van der Waals surface area contributed by atoms with E-state index in [4.69, 9.17) is 9.47 Å². The summed E-state index contributed by atoms with van der Waals surface area (Å²) < 4.78 is 50.1. The molecule has 0 unspecified atom stereocenters. The molecule has 170 valence electrons. The normalized spacial score (nSPS) is 14.5. The maximum atomic E-state index is 13.2. The third-order valence-electron chi connectivity index (χ3n) is 5.03. The number of amides is 1. The van der Waals surface area contributed by atoms with E-state index in [0.717, 1.165) is 0 Å². The molecule has 3 aromatic carbocycles. The molecule has 1 aliphatic heterocycles. The number of nitrogens with one attached hydrogen (secondary N) is 1. The Morgan fingerprint density at radius 2 is 1.67 bits per heavy atom. The summed E-state index contributed by atoms with van der Waals surface area (Å²) in [7, 11) is -0.835. The number of rotatable bonds is 6. The third-order valence-corrected chi connectivity index (χ3v) is 7.77. The molecule has 1 heterocycles. The van der Waals surface area contributed by atoms with Crippen LogP contribution in [0.5, 0.6) is 11.5 Å². The van der Waals surface area contributed by atoms with Crippen molar-refractivity contribution in [1.82, 2.24) is 0 Å². The number of fused-ring (bicyclic) bond motifs is 1. The Kier molecular flexibility index (Phi) is 6.44. The largest absolute Gasteiger partial charge is 0.496 e. The molecule has 6 nitrogen and oxygen atoms in total. The molecule has 0 saturated carbocycles. The monoisotopic (exact) mass is 485 g/mol. The van der Waals surface area contributed by atoms with Crippen LogP contribution < -0.4 is 14.8 Å². The number of carbonyl (C=O) groups excluding carboxylic acids is 1. The zero-order valence-electron chi connectivity index (χ0n) is 17.8. The van der Waals surface area contributed by atoms with Gasteiger partial charge in [0.2, 0.25) is 0 Å². The highest BCUT2D eigenvalue weighted by Crippen LogP contribution is 2.41. The van der Waals surface area contributed by atoms with Crippen LogP contribution in [0.3, 0.4) is 0 Å². The van der Waals surface area contributed by atoms with Crippen LogP contribution in [-0.4, -0.2) is 28.5 Å². The Morgan fingerprint density at radius 1 is 1.00 bits per heavy atom. The van der Waals surface area contributed by atoms with Crippen molar-refractivity contribution in [3.05, 3.63) is 82.5 Å². The molecule has 0 aromatic heterocycles. The van der Waals surface area contributed by atoms with Crippen molar-refractivity contribution in [2.24, 2.45) is 0 Å². The second kappa shape index (κ2) is 9.29. The lowest BCUT2D eigenvalue weighted by molar-refractivity contribution is -0.112. The Morgan fingerprint density at radius 3 is 2.30 bits per heavy atom. The Labute approximate surface area is 195 Å². The molecule has 1 N–H and O–H groups in total. The van der Waals surface area contributed by atoms with Crippen LogP contribution in [0.1, 0.15) is 11.1 Å². The van der Waals surface area contributed by atoms with Crippen LogP contribution in [0.2, 0.25) is 0 Å². The lowest BCUT2D eigenvalue weighted by Crippen LogP contribution is -2.18. The molecule has 3 aromatic rings. The SMILES string of the molecule is COc1cccc(OC)c1CS(=O)(=O)c1ccc2c(c1)NC(=O)C(=Cc1ccc(F)cc1)S2. The molecule has 1 aliphatic rings. The third kappa shape index (κ3) is 4.89. The molecular weight excluding hydrogens is 465 g/mol. The zero-order chi connectivity index (χ0) is 23.6. The number of halogens is 1. The maximum Gasteiger partial charge on any atom is 0.262 e. The summed E-state index contributed by atoms with van der Waals surface area (Å²) >= 11 is 1.22. The van der Waals surface area contributed by atoms with Crippen LogP contribution in [0.25, 0.3) is 6.08 Å². The minimum atomic E-state index is -3.77. The lowest BCUT2D eigenvalue weighted by Gasteiger charge is -2.20. The summed E-state index contributed by atoms with van der Waals surface area (Å²) in [6.07, 6.45) is 1.65. The number of hydrogen-bond donors (Lipinski definition) is 1. The standard InChI is InChI=1S/C24H20FNO5S2/c1-30-20-4-3-5-21(31-2)18(20)14-33(28,29)17-10-11-22-19(13-17)26-24(27)23(32-22)12-15-6-8-16(25)9-7-15/h3-13H,14H2,1-2H3,(H,26,27). The van der Waals surface area contributed by atoms with Gasteiger partial charge in [-0.05, 0) is 54.1 Å². The fraction of sp³-hybridized carbons (Fsp3) is 0.125. The number of carbonyl (C=O) groups is 1. The molecule has 4 rings (SSSR count). The highest BCUT2D eigenvalue weighted by atomic mass is 32.2. The van der Waals surface area contributed by atoms with E-state index in [0.29, 0.717) is 38.1 Å². The lowest BCUT2D eigenvalue weighted by atomic mass is 10.2. The molecule has 33 heavy (non-hydrogen) atoms. The quantitative estimate of drug-likeness (QED) is 0.500. The van der Waals surface area contributed by atoms with E-state index in [1.165, 1.54) is 50.2 Å². The number of thioether (sulfide) groups is 1. The van der Waals surface area contributed by atoms with Gasteiger partial charge in [0.1, 0.15) is 17.3 Å². The van der Waals surface area contributed by atoms with Crippen molar-refractivity contribution in [1.29, 1.82) is 0 Å². The highest BCUT2D eigenvalue weighted by molar-refractivity contribution is 8.04. The molecule has 0 spiro atoms. The van der Waals surface area contributed by atoms with E-state index in [9.17, 15) is 17.6 Å². The van der Waals surface area contributed by atoms with Crippen molar-refractivity contribution in [3.8, 4) is 11.5 Å². The number of methoxy groups -OCH3 is 2. The summed E-state index contributed by atoms with van der Waals surface area (Å²) in [6.45, 7) is 0. The fourth-order valence-electron chi connectivity index (χ4n) is 3.39. The Bertz CT molecular complexity index is 1330. The van der Waals surface area contributed by atoms with Gasteiger partial charge in [0.05, 0.1) is 41.0 Å². The molecule has 1 amide bonds. The van der Waals surface area contributed by atoms with Gasteiger partial charge in [0.15, 0.2) is 9.84 Å². The molecular formula is C24H20FNO5S2. The average Bonchev–Trinajstić information content (AvgIpc) is 2.80. The summed E-state index contributed by atoms with van der Waals surface area (Å²) in [5.41, 5.74) is 1.51. The van der Waals surface area contributed by atoms with Gasteiger partial charge in [-0.2, -0.15) is 0 Å². The van der Waals surface area contributed by atoms with Crippen molar-refractivity contribution >= 4 is 39.3 Å². The second-order valence-corrected chi connectivity index (χ2v) is 10.2. The summed E-state index contributed by atoms with van der Waals surface area (Å²) in [5.74, 6) is -0.221. The number of hydrogen-bond acceptors (Lipinski definition) is 6. The van der Waals surface area contributed by atoms with Gasteiger partial charge in [-0.1, -0.05) is 30.0 Å². The minimum absolute atomic E-state index is 0.0704. The number of ether oxygens (including phenoxy) is 2. The van der Waals surface area contributed by atoms with Gasteiger partial charge in [-0.3, -0.25) is 4.79 Å². The first-order valence-corrected chi connectivity index (χ1v) is 12.3. The Balaban J connectivity index is 1.63. The highest BCUT2D eigenvalue weighted by Gasteiger charge is 2.26. The number of sulfone groups is 1. The molecule has 0 aliphatic carbocycles. The molecule has 0 atom stereocenters. The number of anilines is 1. The summed E-state index contributed by atoms with van der Waals surface area (Å²) in [4.78, 5) is 13.8. The van der Waals surface area contributed by atoms with E-state index in [1.807, 2.05) is 0 Å². The number of benzene rings is 3. The fourth-order valence-corrected chi connectivity index (χ4v) is 5.72. The van der Waals surface area contributed by atoms with E-state index < -0.39 is 9.84 Å². The van der Waals surface area contributed by atoms with Crippen LogP contribution in [-0.2, 0) is 20.4 Å². The summed E-state index contributed by atoms with van der Waals surface area (Å²) in [5, 5.41) is 2.75. The van der Waals surface area contributed by atoms with Crippen LogP contribution in [0.15, 0.2) is 75.4 Å². The van der Waals surface area contributed by atoms with Gasteiger partial charge in [-0.25, -0.2) is 12.8 Å². The predicted molar refractivity (Wildman–Crippen MR) is 126 cm³/mol. The second-order valence-electron chi connectivity index (χ2n) is 7.17. The van der Waals surface area contributed by atoms with E-state index in [1.54, 1.807) is 42.5 Å². The minimum Gasteiger partial charge on any atom is -0.496 e. The molecule has 0 radical (unpaired) electrons. The van der Waals surface area contributed by atoms with Gasteiger partial charge in [0, 0.05) is 4.90 Å². The topological polar surface area (TPSA) is 81.7 Å². The Hall–Kier alpha value is -3.30. The van der Waals surface area contributed by atoms with Crippen molar-refractivity contribution in [2.75, 3.05) is 19.5 Å². The van der Waals surface area contributed by atoms with Crippen molar-refractivity contribution in [3.63, 3.8) is 0 Å². The zero-order valence-corrected chi connectivity index (χ0v) is 19.4. The van der Waals surface area contributed by atoms with Crippen LogP contribution in [0, 0.1) is 5.82 Å². The molecule has 9 heteroatoms. The molecule has 0 fully saturated rings. The molecule has 0 bridgehead atoms. The first kappa shape index (κ1) is 22.9. The van der Waals surface area contributed by atoms with Gasteiger partial charge in [-0.15, -0.1) is 0 Å². The summed E-state index contributed by atoms with van der Waals surface area (Å²) in [6, 6.07) is 15.5. The van der Waals surface area contributed by atoms with Crippen LogP contribution >= 0.6 is 11.8 Å². The van der Waals surface area contributed by atoms with Crippen molar-refractivity contribution < 1.29 is 27.1 Å². The van der Waals surface area contributed by atoms with Crippen molar-refractivity contribution in [2.45, 2.75) is 15.5 Å². The maximum absolute atomic E-state index is 13.2. The first-order chi connectivity index (χ1) is 15.8.